The molecule has 3 aromatic rings. The van der Waals surface area contributed by atoms with Crippen molar-refractivity contribution in [1.82, 2.24) is 5.32 Å². The molecule has 0 radical (unpaired) electrons. The maximum Gasteiger partial charge on any atom is 0.157 e. The first-order valence-corrected chi connectivity index (χ1v) is 7.96. The highest BCUT2D eigenvalue weighted by Gasteiger charge is 2.22. The van der Waals surface area contributed by atoms with Crippen molar-refractivity contribution in [2.45, 2.75) is 18.9 Å². The molecule has 116 valence electrons. The average molecular weight is 305 g/mol. The number of rotatable bonds is 2. The fraction of sp³-hybridized carbons (Fsp3) is 0.200. The van der Waals surface area contributed by atoms with Gasteiger partial charge in [-0.05, 0) is 59.0 Å². The largest absolute Gasteiger partial charge is 0.504 e. The summed E-state index contributed by atoms with van der Waals surface area (Å²) in [4.78, 5) is 0. The summed E-state index contributed by atoms with van der Waals surface area (Å²) in [5.74, 6) is -0.0777. The van der Waals surface area contributed by atoms with Gasteiger partial charge in [-0.3, -0.25) is 0 Å². The van der Waals surface area contributed by atoms with Crippen LogP contribution in [-0.2, 0) is 12.8 Å². The second kappa shape index (κ2) is 5.60. The SMILES string of the molecule is Oc1cc2c(cc1O)C(Cc1ccc3ccccc3c1)NCC2. The molecule has 3 heteroatoms. The van der Waals surface area contributed by atoms with Gasteiger partial charge in [-0.1, -0.05) is 42.5 Å². The van der Waals surface area contributed by atoms with E-state index in [4.69, 9.17) is 0 Å². The van der Waals surface area contributed by atoms with Crippen LogP contribution in [0.1, 0.15) is 22.7 Å². The Hall–Kier alpha value is -2.52. The molecular weight excluding hydrogens is 286 g/mol. The minimum atomic E-state index is -0.0454. The number of hydrogen-bond acceptors (Lipinski definition) is 3. The third-order valence-corrected chi connectivity index (χ3v) is 4.65. The van der Waals surface area contributed by atoms with Gasteiger partial charge in [-0.15, -0.1) is 0 Å². The predicted octanol–water partition coefficient (Wildman–Crippen LogP) is 3.68. The van der Waals surface area contributed by atoms with Crippen LogP contribution in [-0.4, -0.2) is 16.8 Å². The molecule has 4 rings (SSSR count). The predicted molar refractivity (Wildman–Crippen MR) is 91.9 cm³/mol. The lowest BCUT2D eigenvalue weighted by Crippen LogP contribution is -2.31. The molecule has 0 amide bonds. The molecule has 3 aromatic carbocycles. The van der Waals surface area contributed by atoms with E-state index in [1.807, 2.05) is 0 Å². The van der Waals surface area contributed by atoms with Gasteiger partial charge in [-0.2, -0.15) is 0 Å². The van der Waals surface area contributed by atoms with Crippen LogP contribution in [0.2, 0.25) is 0 Å². The van der Waals surface area contributed by atoms with E-state index in [1.165, 1.54) is 16.3 Å². The van der Waals surface area contributed by atoms with Crippen molar-refractivity contribution >= 4 is 10.8 Å². The minimum absolute atomic E-state index is 0.0323. The molecule has 0 fully saturated rings. The van der Waals surface area contributed by atoms with Gasteiger partial charge in [0.25, 0.3) is 0 Å². The van der Waals surface area contributed by atoms with Crippen molar-refractivity contribution in [3.63, 3.8) is 0 Å². The van der Waals surface area contributed by atoms with Crippen molar-refractivity contribution in [2.75, 3.05) is 6.54 Å². The zero-order chi connectivity index (χ0) is 15.8. The molecule has 1 aliphatic rings. The van der Waals surface area contributed by atoms with Crippen molar-refractivity contribution in [1.29, 1.82) is 0 Å². The van der Waals surface area contributed by atoms with Gasteiger partial charge >= 0.3 is 0 Å². The number of benzene rings is 3. The molecule has 3 nitrogen and oxygen atoms in total. The zero-order valence-electron chi connectivity index (χ0n) is 12.8. The van der Waals surface area contributed by atoms with Gasteiger partial charge in [-0.25, -0.2) is 0 Å². The summed E-state index contributed by atoms with van der Waals surface area (Å²) in [6.07, 6.45) is 1.74. The molecule has 3 N–H and O–H groups in total. The monoisotopic (exact) mass is 305 g/mol. The Morgan fingerprint density at radius 1 is 0.913 bits per heavy atom. The average Bonchev–Trinajstić information content (AvgIpc) is 2.56. The van der Waals surface area contributed by atoms with Crippen LogP contribution in [0.25, 0.3) is 10.8 Å². The standard InChI is InChI=1S/C20H19NO2/c22-19-11-16-7-8-21-18(17(16)12-20(19)23)10-13-5-6-14-3-1-2-4-15(14)9-13/h1-6,9,11-12,18,21-23H,7-8,10H2. The van der Waals surface area contributed by atoms with Crippen molar-refractivity contribution in [3.05, 3.63) is 71.3 Å². The summed E-state index contributed by atoms with van der Waals surface area (Å²) in [5.41, 5.74) is 3.46. The molecule has 0 spiro atoms. The summed E-state index contributed by atoms with van der Waals surface area (Å²) in [7, 11) is 0. The van der Waals surface area contributed by atoms with Crippen LogP contribution in [0.4, 0.5) is 0 Å². The lowest BCUT2D eigenvalue weighted by molar-refractivity contribution is 0.398. The number of aromatic hydroxyl groups is 2. The smallest absolute Gasteiger partial charge is 0.157 e. The lowest BCUT2D eigenvalue weighted by Gasteiger charge is -2.27. The summed E-state index contributed by atoms with van der Waals surface area (Å²) in [6, 6.07) is 18.5. The molecular formula is C20H19NO2. The first kappa shape index (κ1) is 14.1. The van der Waals surface area contributed by atoms with Gasteiger partial charge < -0.3 is 15.5 Å². The lowest BCUT2D eigenvalue weighted by atomic mass is 9.89. The maximum absolute atomic E-state index is 9.82. The fourth-order valence-electron chi connectivity index (χ4n) is 3.45. The van der Waals surface area contributed by atoms with E-state index in [0.29, 0.717) is 0 Å². The third kappa shape index (κ3) is 2.64. The highest BCUT2D eigenvalue weighted by molar-refractivity contribution is 5.83. The normalized spacial score (nSPS) is 17.1. The number of phenolic OH excluding ortho intramolecular Hbond substituents is 2. The van der Waals surface area contributed by atoms with E-state index in [1.54, 1.807) is 12.1 Å². The molecule has 1 atom stereocenters. The van der Waals surface area contributed by atoms with Crippen molar-refractivity contribution < 1.29 is 10.2 Å². The summed E-state index contributed by atoms with van der Waals surface area (Å²) >= 11 is 0. The third-order valence-electron chi connectivity index (χ3n) is 4.65. The Bertz CT molecular complexity index is 873. The molecule has 23 heavy (non-hydrogen) atoms. The van der Waals surface area contributed by atoms with Crippen LogP contribution in [0.3, 0.4) is 0 Å². The van der Waals surface area contributed by atoms with E-state index in [2.05, 4.69) is 47.8 Å². The number of nitrogens with one attached hydrogen (secondary N) is 1. The first-order chi connectivity index (χ1) is 11.2. The summed E-state index contributed by atoms with van der Waals surface area (Å²) in [6.45, 7) is 0.884. The van der Waals surface area contributed by atoms with Gasteiger partial charge in [0.2, 0.25) is 0 Å². The van der Waals surface area contributed by atoms with Crippen molar-refractivity contribution in [3.8, 4) is 11.5 Å². The quantitative estimate of drug-likeness (QED) is 0.633. The van der Waals surface area contributed by atoms with Crippen LogP contribution in [0, 0.1) is 0 Å². The highest BCUT2D eigenvalue weighted by atomic mass is 16.3. The molecule has 1 heterocycles. The van der Waals surface area contributed by atoms with Crippen molar-refractivity contribution in [2.24, 2.45) is 0 Å². The Labute approximate surface area is 135 Å². The number of fused-ring (bicyclic) bond motifs is 2. The van der Waals surface area contributed by atoms with Gasteiger partial charge in [0.15, 0.2) is 11.5 Å². The van der Waals surface area contributed by atoms with E-state index in [9.17, 15) is 10.2 Å². The second-order valence-corrected chi connectivity index (χ2v) is 6.18. The molecule has 0 aliphatic carbocycles. The Morgan fingerprint density at radius 3 is 2.57 bits per heavy atom. The van der Waals surface area contributed by atoms with E-state index >= 15 is 0 Å². The molecule has 0 saturated heterocycles. The topological polar surface area (TPSA) is 52.5 Å². The van der Waals surface area contributed by atoms with Crippen LogP contribution in [0.15, 0.2) is 54.6 Å². The van der Waals surface area contributed by atoms with Crippen LogP contribution < -0.4 is 5.32 Å². The molecule has 1 aliphatic heterocycles. The molecule has 0 saturated carbocycles. The number of phenols is 2. The van der Waals surface area contributed by atoms with Crippen LogP contribution in [0.5, 0.6) is 11.5 Å². The van der Waals surface area contributed by atoms with Crippen LogP contribution >= 0.6 is 0 Å². The zero-order valence-corrected chi connectivity index (χ0v) is 12.8. The molecule has 0 aromatic heterocycles. The maximum atomic E-state index is 9.82. The molecule has 1 unspecified atom stereocenters. The first-order valence-electron chi connectivity index (χ1n) is 7.96. The van der Waals surface area contributed by atoms with Gasteiger partial charge in [0, 0.05) is 6.04 Å². The van der Waals surface area contributed by atoms with E-state index in [-0.39, 0.29) is 17.5 Å². The Kier molecular flexibility index (Phi) is 3.43. The number of hydrogen-bond donors (Lipinski definition) is 3. The Balaban J connectivity index is 1.68. The van der Waals surface area contributed by atoms with E-state index < -0.39 is 0 Å². The van der Waals surface area contributed by atoms with Gasteiger partial charge in [0.1, 0.15) is 0 Å². The second-order valence-electron chi connectivity index (χ2n) is 6.18. The Morgan fingerprint density at radius 2 is 1.70 bits per heavy atom. The summed E-state index contributed by atoms with van der Waals surface area (Å²) in [5, 5.41) is 25.5. The van der Waals surface area contributed by atoms with Gasteiger partial charge in [0.05, 0.1) is 0 Å². The highest BCUT2D eigenvalue weighted by Crippen LogP contribution is 2.35. The summed E-state index contributed by atoms with van der Waals surface area (Å²) < 4.78 is 0. The fourth-order valence-corrected chi connectivity index (χ4v) is 3.45. The molecule has 0 bridgehead atoms. The van der Waals surface area contributed by atoms with E-state index in [0.717, 1.165) is 30.5 Å². The minimum Gasteiger partial charge on any atom is -0.504 e.